The highest BCUT2D eigenvalue weighted by molar-refractivity contribution is 5.80. The molecular weight excluding hydrogens is 338 g/mol. The van der Waals surface area contributed by atoms with Gasteiger partial charge in [0.25, 0.3) is 0 Å². The first-order valence-electron chi connectivity index (χ1n) is 8.29. The third-order valence-electron chi connectivity index (χ3n) is 3.46. The van der Waals surface area contributed by atoms with Gasteiger partial charge in [-0.05, 0) is 44.0 Å². The van der Waals surface area contributed by atoms with Crippen LogP contribution in [0.4, 0.5) is 0 Å². The molecular formula is C17H29N5O4. The molecule has 26 heavy (non-hydrogen) atoms. The number of amides is 1. The Morgan fingerprint density at radius 3 is 2.50 bits per heavy atom. The Balaban J connectivity index is 0.00000301. The van der Waals surface area contributed by atoms with E-state index in [2.05, 4.69) is 21.5 Å². The molecule has 0 aromatic heterocycles. The number of nitrogens with zero attached hydrogens (tertiary/aromatic N) is 1. The van der Waals surface area contributed by atoms with Crippen molar-refractivity contribution in [2.75, 3.05) is 13.6 Å². The molecule has 9 heteroatoms. The molecule has 0 aliphatic heterocycles. The second-order valence-electron chi connectivity index (χ2n) is 5.41. The number of phenolic OH excluding ortho intramolecular Hbond substituents is 1. The van der Waals surface area contributed by atoms with E-state index < -0.39 is 12.1 Å². The number of hydrogen-bond donors (Lipinski definition) is 6. The van der Waals surface area contributed by atoms with Crippen molar-refractivity contribution in [1.29, 1.82) is 0 Å². The predicted molar refractivity (Wildman–Crippen MR) is 100 cm³/mol. The van der Waals surface area contributed by atoms with E-state index in [0.29, 0.717) is 32.1 Å². The molecule has 0 aliphatic rings. The largest absolute Gasteiger partial charge is 0.508 e. The van der Waals surface area contributed by atoms with Crippen molar-refractivity contribution in [3.8, 4) is 5.75 Å². The van der Waals surface area contributed by atoms with E-state index in [1.165, 1.54) is 25.5 Å². The third-order valence-corrected chi connectivity index (χ3v) is 3.46. The number of carbonyl (C=O) groups excluding carboxylic acids is 2. The number of hydrogen-bond acceptors (Lipinski definition) is 7. The number of benzene rings is 1. The van der Waals surface area contributed by atoms with Gasteiger partial charge in [-0.1, -0.05) is 12.1 Å². The zero-order chi connectivity index (χ0) is 19.8. The van der Waals surface area contributed by atoms with Crippen molar-refractivity contribution < 1.29 is 19.9 Å². The van der Waals surface area contributed by atoms with E-state index >= 15 is 0 Å². The van der Waals surface area contributed by atoms with Gasteiger partial charge in [0.15, 0.2) is 0 Å². The van der Waals surface area contributed by atoms with Gasteiger partial charge in [0, 0.05) is 19.0 Å². The third kappa shape index (κ3) is 10.4. The molecule has 8 N–H and O–H groups in total. The Bertz CT molecular complexity index is 536. The first-order chi connectivity index (χ1) is 12.6. The van der Waals surface area contributed by atoms with Crippen molar-refractivity contribution in [2.45, 2.75) is 37.8 Å². The molecule has 146 valence electrons. The maximum atomic E-state index is 12.0. The molecule has 0 spiro atoms. The highest BCUT2D eigenvalue weighted by Gasteiger charge is 2.16. The fourth-order valence-electron chi connectivity index (χ4n) is 2.22. The second kappa shape index (κ2) is 14.8. The summed E-state index contributed by atoms with van der Waals surface area (Å²) in [7, 11) is 1.50. The molecule has 0 aliphatic carbocycles. The maximum Gasteiger partial charge on any atom is 0.222 e. The first-order valence-corrected chi connectivity index (χ1v) is 8.29. The van der Waals surface area contributed by atoms with Gasteiger partial charge >= 0.3 is 0 Å². The van der Waals surface area contributed by atoms with Gasteiger partial charge in [-0.25, -0.2) is 5.48 Å². The van der Waals surface area contributed by atoms with Crippen molar-refractivity contribution in [3.05, 3.63) is 29.8 Å². The van der Waals surface area contributed by atoms with Crippen LogP contribution in [-0.2, 0) is 16.0 Å². The van der Waals surface area contributed by atoms with Crippen LogP contribution in [0.1, 0.15) is 24.8 Å². The molecule has 9 nitrogen and oxygen atoms in total. The number of nitrogens with two attached hydrogens (primary N) is 2. The van der Waals surface area contributed by atoms with E-state index in [1.54, 1.807) is 12.1 Å². The zero-order valence-corrected chi connectivity index (χ0v) is 15.0. The van der Waals surface area contributed by atoms with E-state index in [0.717, 1.165) is 5.56 Å². The van der Waals surface area contributed by atoms with Gasteiger partial charge in [0.1, 0.15) is 12.0 Å². The monoisotopic (exact) mass is 367 g/mol. The molecule has 1 aromatic rings. The van der Waals surface area contributed by atoms with Crippen LogP contribution >= 0.6 is 0 Å². The standard InChI is InChI=1S/C16H24N4O4.CH5N/c17-11-18-7-1-2-13(20-24)9-16(23)19-14(10-21)8-12-3-5-15(22)6-4-12;1-2/h3-6,10-11,13-14,20,22,24H,1-2,7-9H2,(H2,17,18)(H,19,23);2H2,1H3. The molecule has 0 bridgehead atoms. The normalized spacial score (nSPS) is 12.7. The lowest BCUT2D eigenvalue weighted by Gasteiger charge is -2.17. The highest BCUT2D eigenvalue weighted by Crippen LogP contribution is 2.11. The zero-order valence-electron chi connectivity index (χ0n) is 15.0. The van der Waals surface area contributed by atoms with Crippen molar-refractivity contribution in [3.63, 3.8) is 0 Å². The maximum absolute atomic E-state index is 12.0. The average molecular weight is 367 g/mol. The Hall–Kier alpha value is -2.49. The average Bonchev–Trinajstić information content (AvgIpc) is 2.67. The lowest BCUT2D eigenvalue weighted by molar-refractivity contribution is -0.125. The van der Waals surface area contributed by atoms with E-state index in [9.17, 15) is 14.7 Å². The highest BCUT2D eigenvalue weighted by atomic mass is 16.5. The number of rotatable bonds is 11. The Morgan fingerprint density at radius 1 is 1.31 bits per heavy atom. The van der Waals surface area contributed by atoms with Crippen molar-refractivity contribution in [2.24, 2.45) is 16.5 Å². The molecule has 0 radical (unpaired) electrons. The van der Waals surface area contributed by atoms with Crippen LogP contribution in [0.25, 0.3) is 0 Å². The molecule has 2 unspecified atom stereocenters. The molecule has 0 saturated carbocycles. The minimum absolute atomic E-state index is 0.0444. The molecule has 0 saturated heterocycles. The number of aldehydes is 1. The van der Waals surface area contributed by atoms with Gasteiger partial charge in [0.05, 0.1) is 12.4 Å². The summed E-state index contributed by atoms with van der Waals surface area (Å²) in [5, 5.41) is 21.0. The van der Waals surface area contributed by atoms with Crippen LogP contribution in [-0.4, -0.2) is 54.5 Å². The van der Waals surface area contributed by atoms with Gasteiger partial charge in [-0.3, -0.25) is 9.79 Å². The number of aromatic hydroxyl groups is 1. The van der Waals surface area contributed by atoms with E-state index in [-0.39, 0.29) is 18.1 Å². The number of hydroxylamine groups is 1. The van der Waals surface area contributed by atoms with Crippen molar-refractivity contribution >= 4 is 18.5 Å². The van der Waals surface area contributed by atoms with E-state index in [1.807, 2.05) is 0 Å². The predicted octanol–water partition coefficient (Wildman–Crippen LogP) is -0.302. The van der Waals surface area contributed by atoms with Gasteiger partial charge in [-0.15, -0.1) is 0 Å². The van der Waals surface area contributed by atoms with Gasteiger partial charge < -0.3 is 31.9 Å². The minimum Gasteiger partial charge on any atom is -0.508 e. The van der Waals surface area contributed by atoms with Gasteiger partial charge in [0.2, 0.25) is 5.91 Å². The molecule has 1 rings (SSSR count). The number of nitrogens with one attached hydrogen (secondary N) is 2. The summed E-state index contributed by atoms with van der Waals surface area (Å²) >= 11 is 0. The lowest BCUT2D eigenvalue weighted by atomic mass is 10.1. The minimum atomic E-state index is -0.664. The molecule has 0 fully saturated rings. The van der Waals surface area contributed by atoms with Crippen LogP contribution in [0.3, 0.4) is 0 Å². The fraction of sp³-hybridized carbons (Fsp3) is 0.471. The van der Waals surface area contributed by atoms with Gasteiger partial charge in [-0.2, -0.15) is 0 Å². The van der Waals surface area contributed by atoms with Crippen LogP contribution < -0.4 is 22.3 Å². The van der Waals surface area contributed by atoms with Crippen LogP contribution in [0.5, 0.6) is 5.75 Å². The Morgan fingerprint density at radius 2 is 1.96 bits per heavy atom. The molecule has 1 aromatic carbocycles. The fourth-order valence-corrected chi connectivity index (χ4v) is 2.22. The summed E-state index contributed by atoms with van der Waals surface area (Å²) in [5.74, 6) is -0.193. The second-order valence-corrected chi connectivity index (χ2v) is 5.41. The number of aliphatic imine (C=N–C) groups is 1. The summed E-state index contributed by atoms with van der Waals surface area (Å²) in [5.41, 5.74) is 12.6. The SMILES string of the molecule is CN.NC=NCCCC(CC(=O)NC(C=O)Cc1ccc(O)cc1)NO. The van der Waals surface area contributed by atoms with Crippen LogP contribution in [0, 0.1) is 0 Å². The van der Waals surface area contributed by atoms with Crippen LogP contribution in [0.15, 0.2) is 29.3 Å². The summed E-state index contributed by atoms with van der Waals surface area (Å²) in [6, 6.07) is 5.34. The first kappa shape index (κ1) is 23.5. The molecule has 0 heterocycles. The number of carbonyl (C=O) groups is 2. The Kier molecular flexibility index (Phi) is 13.4. The Labute approximate surface area is 153 Å². The smallest absolute Gasteiger partial charge is 0.222 e. The van der Waals surface area contributed by atoms with Crippen molar-refractivity contribution in [1.82, 2.24) is 10.8 Å². The van der Waals surface area contributed by atoms with E-state index in [4.69, 9.17) is 10.9 Å². The summed E-state index contributed by atoms with van der Waals surface area (Å²) in [6.45, 7) is 0.522. The summed E-state index contributed by atoms with van der Waals surface area (Å²) in [6.07, 6.45) is 3.48. The van der Waals surface area contributed by atoms with Crippen LogP contribution in [0.2, 0.25) is 0 Å². The lowest BCUT2D eigenvalue weighted by Crippen LogP contribution is -2.41. The molecule has 2 atom stereocenters. The number of phenols is 1. The summed E-state index contributed by atoms with van der Waals surface area (Å²) in [4.78, 5) is 27.0. The summed E-state index contributed by atoms with van der Waals surface area (Å²) < 4.78 is 0. The topological polar surface area (TPSA) is 163 Å². The molecule has 1 amide bonds. The quantitative estimate of drug-likeness (QED) is 0.103.